The van der Waals surface area contributed by atoms with E-state index < -0.39 is 0 Å². The Bertz CT molecular complexity index is 478. The minimum absolute atomic E-state index is 0.521. The topological polar surface area (TPSA) is 67.8 Å². The maximum Gasteiger partial charge on any atom is 0.218 e. The molecule has 2 N–H and O–H groups in total. The molecule has 0 aromatic carbocycles. The monoisotopic (exact) mass is 336 g/mol. The summed E-state index contributed by atoms with van der Waals surface area (Å²) in [5, 5.41) is 6.52. The van der Waals surface area contributed by atoms with Gasteiger partial charge in [-0.3, -0.25) is 0 Å². The Balaban J connectivity index is 2.45. The van der Waals surface area contributed by atoms with Crippen molar-refractivity contribution < 1.29 is 9.47 Å². The minimum atomic E-state index is 0.521. The molecule has 1 rings (SSSR count). The molecule has 0 bridgehead atoms. The first-order chi connectivity index (χ1) is 11.7. The zero-order valence-electron chi connectivity index (χ0n) is 15.5. The molecule has 6 heteroatoms. The summed E-state index contributed by atoms with van der Waals surface area (Å²) in [6.07, 6.45) is 2.82. The van der Waals surface area contributed by atoms with Crippen LogP contribution < -0.4 is 15.4 Å². The maximum atomic E-state index is 5.61. The molecule has 1 aromatic rings. The van der Waals surface area contributed by atoms with E-state index in [0.29, 0.717) is 31.6 Å². The smallest absolute Gasteiger partial charge is 0.218 e. The predicted octanol–water partition coefficient (Wildman–Crippen LogP) is 2.60. The lowest BCUT2D eigenvalue weighted by Crippen LogP contribution is -2.39. The van der Waals surface area contributed by atoms with Gasteiger partial charge in [0.25, 0.3) is 0 Å². The van der Waals surface area contributed by atoms with Gasteiger partial charge in [0.05, 0.1) is 19.8 Å². The van der Waals surface area contributed by atoms with E-state index in [4.69, 9.17) is 9.47 Å². The van der Waals surface area contributed by atoms with Crippen LogP contribution in [0.4, 0.5) is 0 Å². The summed E-state index contributed by atoms with van der Waals surface area (Å²) in [6.45, 7) is 12.5. The van der Waals surface area contributed by atoms with Gasteiger partial charge in [0.15, 0.2) is 5.96 Å². The van der Waals surface area contributed by atoms with Crippen LogP contribution in [0.15, 0.2) is 23.3 Å². The van der Waals surface area contributed by atoms with Crippen LogP contribution in [-0.2, 0) is 11.3 Å². The van der Waals surface area contributed by atoms with Gasteiger partial charge in [-0.1, -0.05) is 19.9 Å². The second-order valence-electron chi connectivity index (χ2n) is 5.82. The van der Waals surface area contributed by atoms with E-state index >= 15 is 0 Å². The molecule has 136 valence electrons. The number of hydrogen-bond donors (Lipinski definition) is 2. The van der Waals surface area contributed by atoms with Gasteiger partial charge in [0.2, 0.25) is 5.88 Å². The van der Waals surface area contributed by atoms with Gasteiger partial charge < -0.3 is 20.1 Å². The Labute approximate surface area is 146 Å². The Morgan fingerprint density at radius 2 is 2.08 bits per heavy atom. The molecule has 0 radical (unpaired) electrons. The van der Waals surface area contributed by atoms with Gasteiger partial charge in [-0.05, 0) is 32.3 Å². The Hall–Kier alpha value is -1.82. The van der Waals surface area contributed by atoms with Crippen molar-refractivity contribution in [2.24, 2.45) is 10.9 Å². The first-order valence-corrected chi connectivity index (χ1v) is 8.83. The fourth-order valence-electron chi connectivity index (χ4n) is 1.98. The third-order valence-electron chi connectivity index (χ3n) is 3.26. The van der Waals surface area contributed by atoms with Gasteiger partial charge >= 0.3 is 0 Å². The quantitative estimate of drug-likeness (QED) is 0.369. The largest absolute Gasteiger partial charge is 0.478 e. The number of ether oxygens (including phenoxy) is 2. The lowest BCUT2D eigenvalue weighted by Gasteiger charge is -2.12. The van der Waals surface area contributed by atoms with Crippen molar-refractivity contribution in [3.8, 4) is 5.88 Å². The number of guanidine groups is 1. The average molecular weight is 336 g/mol. The summed E-state index contributed by atoms with van der Waals surface area (Å²) in [6, 6.07) is 3.89. The molecule has 0 aliphatic rings. The zero-order valence-corrected chi connectivity index (χ0v) is 15.5. The summed E-state index contributed by atoms with van der Waals surface area (Å²) >= 11 is 0. The second kappa shape index (κ2) is 12.6. The van der Waals surface area contributed by atoms with Crippen molar-refractivity contribution in [2.45, 2.75) is 40.7 Å². The highest BCUT2D eigenvalue weighted by Crippen LogP contribution is 2.15. The molecule has 0 amide bonds. The van der Waals surface area contributed by atoms with Gasteiger partial charge in [0.1, 0.15) is 0 Å². The van der Waals surface area contributed by atoms with Crippen LogP contribution in [0.2, 0.25) is 0 Å². The summed E-state index contributed by atoms with van der Waals surface area (Å²) < 4.78 is 11.1. The van der Waals surface area contributed by atoms with E-state index in [2.05, 4.69) is 34.5 Å². The van der Waals surface area contributed by atoms with Crippen molar-refractivity contribution in [3.05, 3.63) is 23.9 Å². The van der Waals surface area contributed by atoms with Gasteiger partial charge in [-0.15, -0.1) is 0 Å². The summed E-state index contributed by atoms with van der Waals surface area (Å²) in [5.41, 5.74) is 0.977. The van der Waals surface area contributed by atoms with E-state index in [0.717, 1.165) is 37.6 Å². The number of aromatic nitrogens is 1. The van der Waals surface area contributed by atoms with Crippen molar-refractivity contribution in [2.75, 3.05) is 32.9 Å². The molecule has 1 heterocycles. The molecule has 1 aromatic heterocycles. The molecule has 0 aliphatic heterocycles. The molecular formula is C18H32N4O2. The van der Waals surface area contributed by atoms with E-state index in [1.54, 1.807) is 6.20 Å². The summed E-state index contributed by atoms with van der Waals surface area (Å²) in [4.78, 5) is 8.84. The van der Waals surface area contributed by atoms with E-state index in [-0.39, 0.29) is 0 Å². The van der Waals surface area contributed by atoms with Crippen molar-refractivity contribution in [1.29, 1.82) is 0 Å². The van der Waals surface area contributed by atoms with Crippen molar-refractivity contribution in [3.63, 3.8) is 0 Å². The standard InChI is InChI=1S/C18H32N4O2/c1-5-19-18(21-11-13-23-12-9-15(3)4)22-14-16-8-7-10-20-17(16)24-6-2/h7-8,10,15H,5-6,9,11-14H2,1-4H3,(H2,19,21,22). The molecule has 0 atom stereocenters. The normalized spacial score (nSPS) is 11.6. The van der Waals surface area contributed by atoms with E-state index in [1.807, 2.05) is 26.0 Å². The molecule has 0 unspecified atom stereocenters. The first-order valence-electron chi connectivity index (χ1n) is 8.83. The van der Waals surface area contributed by atoms with Gasteiger partial charge in [0, 0.05) is 31.5 Å². The maximum absolute atomic E-state index is 5.61. The van der Waals surface area contributed by atoms with Crippen LogP contribution in [0.3, 0.4) is 0 Å². The average Bonchev–Trinajstić information content (AvgIpc) is 2.56. The molecular weight excluding hydrogens is 304 g/mol. The van der Waals surface area contributed by atoms with Gasteiger partial charge in [-0.2, -0.15) is 0 Å². The van der Waals surface area contributed by atoms with E-state index in [1.165, 1.54) is 0 Å². The third kappa shape index (κ3) is 8.72. The molecule has 6 nitrogen and oxygen atoms in total. The van der Waals surface area contributed by atoms with Crippen LogP contribution in [0, 0.1) is 5.92 Å². The van der Waals surface area contributed by atoms with E-state index in [9.17, 15) is 0 Å². The van der Waals surface area contributed by atoms with Crippen LogP contribution >= 0.6 is 0 Å². The fourth-order valence-corrected chi connectivity index (χ4v) is 1.98. The number of aliphatic imine (C=N–C) groups is 1. The molecule has 24 heavy (non-hydrogen) atoms. The van der Waals surface area contributed by atoms with Gasteiger partial charge in [-0.25, -0.2) is 9.98 Å². The highest BCUT2D eigenvalue weighted by atomic mass is 16.5. The minimum Gasteiger partial charge on any atom is -0.478 e. The SMILES string of the molecule is CCNC(=NCc1cccnc1OCC)NCCOCCC(C)C. The number of nitrogens with one attached hydrogen (secondary N) is 2. The number of rotatable bonds is 11. The van der Waals surface area contributed by atoms with Crippen LogP contribution in [0.1, 0.15) is 39.7 Å². The molecule has 0 aliphatic carbocycles. The van der Waals surface area contributed by atoms with Crippen molar-refractivity contribution in [1.82, 2.24) is 15.6 Å². The lowest BCUT2D eigenvalue weighted by molar-refractivity contribution is 0.128. The third-order valence-corrected chi connectivity index (χ3v) is 3.26. The molecule has 0 spiro atoms. The van der Waals surface area contributed by atoms with Crippen LogP contribution in [0.25, 0.3) is 0 Å². The predicted molar refractivity (Wildman–Crippen MR) is 98.5 cm³/mol. The number of nitrogens with zero attached hydrogens (tertiary/aromatic N) is 2. The number of pyridine rings is 1. The first kappa shape index (κ1) is 20.2. The van der Waals surface area contributed by atoms with Crippen LogP contribution in [0.5, 0.6) is 5.88 Å². The van der Waals surface area contributed by atoms with Crippen molar-refractivity contribution >= 4 is 5.96 Å². The highest BCUT2D eigenvalue weighted by molar-refractivity contribution is 5.79. The Morgan fingerprint density at radius 3 is 2.79 bits per heavy atom. The molecule has 0 saturated carbocycles. The highest BCUT2D eigenvalue weighted by Gasteiger charge is 2.04. The molecule has 0 saturated heterocycles. The number of hydrogen-bond acceptors (Lipinski definition) is 4. The Morgan fingerprint density at radius 1 is 1.25 bits per heavy atom. The lowest BCUT2D eigenvalue weighted by atomic mass is 10.1. The summed E-state index contributed by atoms with van der Waals surface area (Å²) in [5.74, 6) is 2.10. The Kier molecular flexibility index (Phi) is 10.6. The fraction of sp³-hybridized carbons (Fsp3) is 0.667. The summed E-state index contributed by atoms with van der Waals surface area (Å²) in [7, 11) is 0. The van der Waals surface area contributed by atoms with Crippen LogP contribution in [-0.4, -0.2) is 43.9 Å². The second-order valence-corrected chi connectivity index (χ2v) is 5.82. The zero-order chi connectivity index (χ0) is 17.6. The molecule has 0 fully saturated rings.